The minimum absolute atomic E-state index is 0.0508. The number of nitrogens with one attached hydrogen (secondary N) is 1. The Morgan fingerprint density at radius 2 is 1.58 bits per heavy atom. The summed E-state index contributed by atoms with van der Waals surface area (Å²) in [4.78, 5) is 39.3. The van der Waals surface area contributed by atoms with Crippen LogP contribution in [0.1, 0.15) is 28.8 Å². The summed E-state index contributed by atoms with van der Waals surface area (Å²) >= 11 is 0. The maximum atomic E-state index is 12.7. The Hall–Kier alpha value is -3.93. The normalized spacial score (nSPS) is 12.5. The van der Waals surface area contributed by atoms with Crippen LogP contribution in [0, 0.1) is 0 Å². The van der Waals surface area contributed by atoms with Gasteiger partial charge in [0.05, 0.1) is 12.2 Å². The summed E-state index contributed by atoms with van der Waals surface area (Å²) in [6.45, 7) is 0.887. The van der Waals surface area contributed by atoms with E-state index in [1.54, 1.807) is 41.3 Å². The molecule has 156 valence electrons. The average Bonchev–Trinajstić information content (AvgIpc) is 2.82. The third-order valence-electron chi connectivity index (χ3n) is 5.04. The van der Waals surface area contributed by atoms with Crippen LogP contribution in [-0.2, 0) is 9.59 Å². The minimum atomic E-state index is -0.279. The van der Waals surface area contributed by atoms with Gasteiger partial charge in [-0.1, -0.05) is 54.6 Å². The molecule has 2 amide bonds. The van der Waals surface area contributed by atoms with Crippen LogP contribution in [0.4, 0.5) is 11.4 Å². The molecule has 4 rings (SSSR count). The lowest BCUT2D eigenvalue weighted by molar-refractivity contribution is -0.122. The quantitative estimate of drug-likeness (QED) is 0.617. The Kier molecular flexibility index (Phi) is 6.08. The molecular weight excluding hydrogens is 392 g/mol. The van der Waals surface area contributed by atoms with E-state index in [-0.39, 0.29) is 30.4 Å². The van der Waals surface area contributed by atoms with Crippen LogP contribution in [0.5, 0.6) is 5.75 Å². The van der Waals surface area contributed by atoms with Gasteiger partial charge in [-0.15, -0.1) is 0 Å². The summed E-state index contributed by atoms with van der Waals surface area (Å²) in [5.74, 6) is 0.155. The van der Waals surface area contributed by atoms with Gasteiger partial charge in [-0.3, -0.25) is 14.4 Å². The van der Waals surface area contributed by atoms with E-state index in [1.807, 2.05) is 42.5 Å². The smallest absolute Gasteiger partial charge is 0.227 e. The zero-order chi connectivity index (χ0) is 21.6. The second kappa shape index (κ2) is 9.26. The number of anilines is 2. The molecule has 6 heteroatoms. The molecule has 0 unspecified atom stereocenters. The van der Waals surface area contributed by atoms with Gasteiger partial charge in [0.15, 0.2) is 5.78 Å². The van der Waals surface area contributed by atoms with Crippen molar-refractivity contribution in [2.45, 2.75) is 12.8 Å². The third kappa shape index (κ3) is 4.80. The number of amides is 2. The van der Waals surface area contributed by atoms with Gasteiger partial charge >= 0.3 is 0 Å². The molecule has 1 aliphatic heterocycles. The first kappa shape index (κ1) is 20.3. The van der Waals surface area contributed by atoms with Gasteiger partial charge in [0.25, 0.3) is 0 Å². The van der Waals surface area contributed by atoms with Crippen LogP contribution in [0.3, 0.4) is 0 Å². The Balaban J connectivity index is 1.36. The Labute approximate surface area is 180 Å². The monoisotopic (exact) mass is 414 g/mol. The van der Waals surface area contributed by atoms with E-state index in [4.69, 9.17) is 4.74 Å². The van der Waals surface area contributed by atoms with E-state index >= 15 is 0 Å². The van der Waals surface area contributed by atoms with Crippen molar-refractivity contribution in [1.29, 1.82) is 0 Å². The van der Waals surface area contributed by atoms with Crippen LogP contribution in [0.15, 0.2) is 78.9 Å². The van der Waals surface area contributed by atoms with Gasteiger partial charge < -0.3 is 15.0 Å². The highest BCUT2D eigenvalue weighted by Gasteiger charge is 2.23. The fourth-order valence-corrected chi connectivity index (χ4v) is 3.50. The maximum absolute atomic E-state index is 12.7. The molecule has 31 heavy (non-hydrogen) atoms. The van der Waals surface area contributed by atoms with Crippen molar-refractivity contribution in [3.63, 3.8) is 0 Å². The number of benzene rings is 3. The molecule has 0 saturated heterocycles. The first-order valence-electron chi connectivity index (χ1n) is 10.1. The van der Waals surface area contributed by atoms with Gasteiger partial charge in [0.2, 0.25) is 11.8 Å². The molecule has 0 bridgehead atoms. The second-order valence-electron chi connectivity index (χ2n) is 7.19. The van der Waals surface area contributed by atoms with Crippen molar-refractivity contribution in [2.24, 2.45) is 0 Å². The third-order valence-corrected chi connectivity index (χ3v) is 5.04. The summed E-state index contributed by atoms with van der Waals surface area (Å²) in [6.07, 6.45) is 0.137. The number of ketones is 1. The topological polar surface area (TPSA) is 75.7 Å². The minimum Gasteiger partial charge on any atom is -0.490 e. The van der Waals surface area contributed by atoms with Crippen molar-refractivity contribution in [2.75, 3.05) is 23.4 Å². The predicted molar refractivity (Wildman–Crippen MR) is 118 cm³/mol. The van der Waals surface area contributed by atoms with E-state index < -0.39 is 0 Å². The maximum Gasteiger partial charge on any atom is 0.227 e. The first-order valence-corrected chi connectivity index (χ1v) is 10.1. The average molecular weight is 414 g/mol. The molecular formula is C25H22N2O4. The van der Waals surface area contributed by atoms with Crippen LogP contribution in [0.25, 0.3) is 0 Å². The fraction of sp³-hybridized carbons (Fsp3) is 0.160. The number of ether oxygens (including phenoxy) is 1. The largest absolute Gasteiger partial charge is 0.490 e. The molecule has 0 spiro atoms. The van der Waals surface area contributed by atoms with E-state index in [9.17, 15) is 14.4 Å². The first-order chi connectivity index (χ1) is 15.1. The van der Waals surface area contributed by atoms with Crippen LogP contribution in [0.2, 0.25) is 0 Å². The van der Waals surface area contributed by atoms with Gasteiger partial charge in [-0.2, -0.15) is 0 Å². The molecule has 0 atom stereocenters. The number of hydrogen-bond acceptors (Lipinski definition) is 4. The van der Waals surface area contributed by atoms with E-state index in [2.05, 4.69) is 5.32 Å². The number of fused-ring (bicyclic) bond motifs is 1. The van der Waals surface area contributed by atoms with Crippen molar-refractivity contribution in [3.05, 3.63) is 90.0 Å². The second-order valence-corrected chi connectivity index (χ2v) is 7.19. The molecule has 3 aromatic rings. The summed E-state index contributed by atoms with van der Waals surface area (Å²) in [7, 11) is 0. The lowest BCUT2D eigenvalue weighted by Gasteiger charge is -2.29. The highest BCUT2D eigenvalue weighted by Crippen LogP contribution is 2.31. The fourth-order valence-electron chi connectivity index (χ4n) is 3.50. The molecule has 1 heterocycles. The van der Waals surface area contributed by atoms with E-state index in [0.717, 1.165) is 5.69 Å². The molecule has 0 saturated carbocycles. The van der Waals surface area contributed by atoms with Crippen molar-refractivity contribution in [1.82, 2.24) is 0 Å². The molecule has 6 nitrogen and oxygen atoms in total. The molecule has 0 radical (unpaired) electrons. The van der Waals surface area contributed by atoms with Gasteiger partial charge in [-0.05, 0) is 24.3 Å². The van der Waals surface area contributed by atoms with Crippen LogP contribution < -0.4 is 15.0 Å². The highest BCUT2D eigenvalue weighted by atomic mass is 16.5. The van der Waals surface area contributed by atoms with Gasteiger partial charge in [0, 0.05) is 29.7 Å². The molecule has 1 aliphatic rings. The van der Waals surface area contributed by atoms with E-state index in [1.165, 1.54) is 0 Å². The molecule has 0 aromatic heterocycles. The predicted octanol–water partition coefficient (Wildman–Crippen LogP) is 4.06. The number of carbonyl (C=O) groups is 3. The van der Waals surface area contributed by atoms with Crippen molar-refractivity contribution < 1.29 is 19.1 Å². The molecule has 0 aliphatic carbocycles. The highest BCUT2D eigenvalue weighted by molar-refractivity contribution is 6.09. The van der Waals surface area contributed by atoms with Crippen LogP contribution in [-0.4, -0.2) is 30.7 Å². The van der Waals surface area contributed by atoms with Crippen molar-refractivity contribution in [3.8, 4) is 5.75 Å². The van der Waals surface area contributed by atoms with E-state index in [0.29, 0.717) is 35.7 Å². The Bertz CT molecular complexity index is 1110. The number of carbonyl (C=O) groups excluding carboxylic acids is 3. The Morgan fingerprint density at radius 1 is 0.839 bits per heavy atom. The van der Waals surface area contributed by atoms with Gasteiger partial charge in [-0.25, -0.2) is 0 Å². The number of rotatable bonds is 6. The van der Waals surface area contributed by atoms with Crippen LogP contribution >= 0.6 is 0 Å². The summed E-state index contributed by atoms with van der Waals surface area (Å²) in [5.41, 5.74) is 2.33. The number of para-hydroxylation sites is 2. The zero-order valence-electron chi connectivity index (χ0n) is 16.9. The lowest BCUT2D eigenvalue weighted by atomic mass is 10.0. The SMILES string of the molecule is O=C(CCC(=O)N1CCOc2ccccc21)Nc1cccc(C(=O)c2ccccc2)c1. The number of nitrogens with zero attached hydrogens (tertiary/aromatic N) is 1. The van der Waals surface area contributed by atoms with Gasteiger partial charge in [0.1, 0.15) is 12.4 Å². The standard InChI is InChI=1S/C25H22N2O4/c28-23(13-14-24(29)27-15-16-31-22-12-5-4-11-21(22)27)26-20-10-6-9-19(17-20)25(30)18-7-2-1-3-8-18/h1-12,17H,13-16H2,(H,26,28). The lowest BCUT2D eigenvalue weighted by Crippen LogP contribution is -2.38. The summed E-state index contributed by atoms with van der Waals surface area (Å²) in [5, 5.41) is 2.78. The zero-order valence-corrected chi connectivity index (χ0v) is 16.9. The number of hydrogen-bond donors (Lipinski definition) is 1. The molecule has 3 aromatic carbocycles. The van der Waals surface area contributed by atoms with Crippen molar-refractivity contribution >= 4 is 29.0 Å². The Morgan fingerprint density at radius 3 is 2.42 bits per heavy atom. The molecule has 0 fully saturated rings. The molecule has 1 N–H and O–H groups in total. The summed E-state index contributed by atoms with van der Waals surface area (Å²) < 4.78 is 5.57. The summed E-state index contributed by atoms with van der Waals surface area (Å²) in [6, 6.07) is 23.1.